The van der Waals surface area contributed by atoms with Crippen LogP contribution in [0.15, 0.2) is 70.0 Å². The van der Waals surface area contributed by atoms with Crippen molar-refractivity contribution in [3.63, 3.8) is 0 Å². The average Bonchev–Trinajstić information content (AvgIpc) is 3.34. The quantitative estimate of drug-likeness (QED) is 0.218. The molecule has 0 N–H and O–H groups in total. The summed E-state index contributed by atoms with van der Waals surface area (Å²) in [5.74, 6) is 0.437. The van der Waals surface area contributed by atoms with Gasteiger partial charge in [-0.15, -0.1) is 0 Å². The first-order chi connectivity index (χ1) is 15.3. The van der Waals surface area contributed by atoms with E-state index < -0.39 is 16.1 Å². The molecule has 9 heteroatoms. The highest BCUT2D eigenvalue weighted by Gasteiger charge is 2.35. The molecule has 0 atom stereocenters. The monoisotopic (exact) mass is 448 g/mol. The van der Waals surface area contributed by atoms with Crippen molar-refractivity contribution in [3.8, 4) is 11.3 Å². The number of carbonyl (C=O) groups excluding carboxylic acids is 3. The highest BCUT2D eigenvalue weighted by molar-refractivity contribution is 8.18. The Morgan fingerprint density at radius 3 is 2.56 bits per heavy atom. The number of benzene rings is 2. The number of thioether (sulfide) groups is 1. The zero-order chi connectivity index (χ0) is 22.8. The predicted molar refractivity (Wildman–Crippen MR) is 119 cm³/mol. The molecule has 0 bridgehead atoms. The third kappa shape index (κ3) is 4.37. The maximum atomic E-state index is 12.7. The number of non-ortho nitro benzene ring substituents is 1. The van der Waals surface area contributed by atoms with E-state index in [1.54, 1.807) is 42.5 Å². The topological polar surface area (TPSA) is 111 Å². The summed E-state index contributed by atoms with van der Waals surface area (Å²) in [7, 11) is 0. The lowest BCUT2D eigenvalue weighted by molar-refractivity contribution is -0.384. The fourth-order valence-electron chi connectivity index (χ4n) is 3.17. The Morgan fingerprint density at radius 1 is 1.12 bits per heavy atom. The molecule has 32 heavy (non-hydrogen) atoms. The van der Waals surface area contributed by atoms with Crippen molar-refractivity contribution in [2.75, 3.05) is 0 Å². The lowest BCUT2D eigenvalue weighted by Gasteiger charge is -2.12. The summed E-state index contributed by atoms with van der Waals surface area (Å²) in [6, 6.07) is 16.2. The Kier molecular flexibility index (Phi) is 5.74. The minimum absolute atomic E-state index is 0.0301. The number of imide groups is 1. The van der Waals surface area contributed by atoms with Gasteiger partial charge in [0, 0.05) is 29.3 Å². The van der Waals surface area contributed by atoms with E-state index in [4.69, 9.17) is 4.42 Å². The molecule has 2 amide bonds. The number of ketones is 1. The van der Waals surface area contributed by atoms with Crippen LogP contribution in [0.5, 0.6) is 0 Å². The maximum absolute atomic E-state index is 12.7. The first-order valence-corrected chi connectivity index (χ1v) is 10.3. The third-order valence-corrected chi connectivity index (χ3v) is 5.72. The lowest BCUT2D eigenvalue weighted by Crippen LogP contribution is -2.27. The highest BCUT2D eigenvalue weighted by Crippen LogP contribution is 2.34. The fraction of sp³-hybridized carbons (Fsp3) is 0.0870. The van der Waals surface area contributed by atoms with Gasteiger partial charge in [-0.1, -0.05) is 36.4 Å². The number of nitrogens with zero attached hydrogens (tertiary/aromatic N) is 2. The van der Waals surface area contributed by atoms with Crippen LogP contribution >= 0.6 is 11.8 Å². The SMILES string of the molecule is CC(=O)c1ccc(-c2ccc(/C=C3/SC(=O)N(Cc4cccc([N+](=O)[O-])c4)C3=O)o2)cc1. The molecule has 2 aromatic carbocycles. The molecule has 1 aliphatic rings. The second kappa shape index (κ2) is 8.64. The first-order valence-electron chi connectivity index (χ1n) is 9.52. The smallest absolute Gasteiger partial charge is 0.293 e. The number of rotatable bonds is 6. The average molecular weight is 448 g/mol. The molecular formula is C23H16N2O6S. The summed E-state index contributed by atoms with van der Waals surface area (Å²) in [5.41, 5.74) is 1.74. The molecule has 0 aliphatic carbocycles. The second-order valence-corrected chi connectivity index (χ2v) is 8.02. The molecule has 1 aromatic heterocycles. The minimum Gasteiger partial charge on any atom is -0.457 e. The second-order valence-electron chi connectivity index (χ2n) is 7.03. The summed E-state index contributed by atoms with van der Waals surface area (Å²) in [6.45, 7) is 1.43. The van der Waals surface area contributed by atoms with Crippen molar-refractivity contribution in [2.45, 2.75) is 13.5 Å². The number of nitro benzene ring substituents is 1. The Morgan fingerprint density at radius 2 is 1.88 bits per heavy atom. The number of amides is 2. The number of carbonyl (C=O) groups is 3. The molecule has 8 nitrogen and oxygen atoms in total. The van der Waals surface area contributed by atoms with E-state index in [1.165, 1.54) is 31.2 Å². The van der Waals surface area contributed by atoms with E-state index in [1.807, 2.05) is 0 Å². The van der Waals surface area contributed by atoms with Gasteiger partial charge in [-0.3, -0.25) is 29.4 Å². The van der Waals surface area contributed by atoms with Gasteiger partial charge in [-0.05, 0) is 36.4 Å². The summed E-state index contributed by atoms with van der Waals surface area (Å²) in [6.07, 6.45) is 1.49. The van der Waals surface area contributed by atoms with Gasteiger partial charge in [0.2, 0.25) is 0 Å². The summed E-state index contributed by atoms with van der Waals surface area (Å²) < 4.78 is 5.78. The summed E-state index contributed by atoms with van der Waals surface area (Å²) >= 11 is 0.784. The van der Waals surface area contributed by atoms with Crippen molar-refractivity contribution in [1.29, 1.82) is 0 Å². The van der Waals surface area contributed by atoms with E-state index in [0.29, 0.717) is 22.6 Å². The van der Waals surface area contributed by atoms with Crippen LogP contribution < -0.4 is 0 Å². The van der Waals surface area contributed by atoms with E-state index in [-0.39, 0.29) is 22.9 Å². The number of hydrogen-bond acceptors (Lipinski definition) is 7. The molecule has 0 spiro atoms. The van der Waals surface area contributed by atoms with Gasteiger partial charge in [-0.2, -0.15) is 0 Å². The van der Waals surface area contributed by atoms with E-state index in [2.05, 4.69) is 0 Å². The number of Topliss-reactive ketones (excluding diaryl/α,β-unsaturated/α-hetero) is 1. The van der Waals surface area contributed by atoms with Crippen molar-refractivity contribution in [1.82, 2.24) is 4.90 Å². The largest absolute Gasteiger partial charge is 0.457 e. The standard InChI is InChI=1S/C23H16N2O6S/c1-14(26)16-5-7-17(8-6-16)20-10-9-19(31-20)12-21-22(27)24(23(28)32-21)13-15-3-2-4-18(11-15)25(29)30/h2-12H,13H2,1H3/b21-12+. The predicted octanol–water partition coefficient (Wildman–Crippen LogP) is 5.29. The highest BCUT2D eigenvalue weighted by atomic mass is 32.2. The molecule has 4 rings (SSSR count). The zero-order valence-electron chi connectivity index (χ0n) is 16.8. The fourth-order valence-corrected chi connectivity index (χ4v) is 3.99. The van der Waals surface area contributed by atoms with Gasteiger partial charge in [0.25, 0.3) is 16.8 Å². The number of hydrogen-bond donors (Lipinski definition) is 0. The van der Waals surface area contributed by atoms with Crippen molar-refractivity contribution in [2.24, 2.45) is 0 Å². The van der Waals surface area contributed by atoms with Gasteiger partial charge in [0.15, 0.2) is 5.78 Å². The van der Waals surface area contributed by atoms with E-state index in [9.17, 15) is 24.5 Å². The van der Waals surface area contributed by atoms with Crippen LogP contribution in [-0.2, 0) is 11.3 Å². The Balaban J connectivity index is 1.51. The molecule has 0 saturated carbocycles. The van der Waals surface area contributed by atoms with Crippen LogP contribution in [0, 0.1) is 10.1 Å². The Hall–Kier alpha value is -3.98. The van der Waals surface area contributed by atoms with Crippen LogP contribution in [0.25, 0.3) is 17.4 Å². The number of furan rings is 1. The van der Waals surface area contributed by atoms with Crippen LogP contribution in [0.2, 0.25) is 0 Å². The van der Waals surface area contributed by atoms with Gasteiger partial charge in [-0.25, -0.2) is 0 Å². The van der Waals surface area contributed by atoms with Gasteiger partial charge in [0.1, 0.15) is 11.5 Å². The van der Waals surface area contributed by atoms with Crippen molar-refractivity contribution >= 4 is 40.5 Å². The van der Waals surface area contributed by atoms with E-state index in [0.717, 1.165) is 22.2 Å². The first kappa shape index (κ1) is 21.3. The van der Waals surface area contributed by atoms with Crippen molar-refractivity contribution < 1.29 is 23.7 Å². The summed E-state index contributed by atoms with van der Waals surface area (Å²) in [5, 5.41) is 10.5. The molecule has 0 unspecified atom stereocenters. The van der Waals surface area contributed by atoms with Crippen molar-refractivity contribution in [3.05, 3.63) is 92.6 Å². The van der Waals surface area contributed by atoms with Crippen LogP contribution in [0.4, 0.5) is 10.5 Å². The Bertz CT molecular complexity index is 1280. The van der Waals surface area contributed by atoms with Gasteiger partial charge in [0.05, 0.1) is 16.4 Å². The molecule has 3 aromatic rings. The van der Waals surface area contributed by atoms with E-state index >= 15 is 0 Å². The molecule has 2 heterocycles. The van der Waals surface area contributed by atoms with Gasteiger partial charge < -0.3 is 4.42 Å². The zero-order valence-corrected chi connectivity index (χ0v) is 17.6. The molecule has 1 saturated heterocycles. The lowest BCUT2D eigenvalue weighted by atomic mass is 10.1. The molecular weight excluding hydrogens is 432 g/mol. The normalized spacial score (nSPS) is 14.9. The molecule has 1 aliphatic heterocycles. The van der Waals surface area contributed by atoms with Gasteiger partial charge >= 0.3 is 0 Å². The van der Waals surface area contributed by atoms with Crippen LogP contribution in [0.3, 0.4) is 0 Å². The minimum atomic E-state index is -0.528. The van der Waals surface area contributed by atoms with Crippen LogP contribution in [-0.4, -0.2) is 26.8 Å². The number of nitro groups is 1. The van der Waals surface area contributed by atoms with Crippen LogP contribution in [0.1, 0.15) is 28.6 Å². The molecule has 1 fully saturated rings. The summed E-state index contributed by atoms with van der Waals surface area (Å²) in [4.78, 5) is 48.2. The molecule has 0 radical (unpaired) electrons. The Labute approximate surface area is 186 Å². The molecule has 160 valence electrons. The third-order valence-electron chi connectivity index (χ3n) is 4.81. The maximum Gasteiger partial charge on any atom is 0.293 e.